The van der Waals surface area contributed by atoms with E-state index in [1.807, 2.05) is 0 Å². The van der Waals surface area contributed by atoms with Gasteiger partial charge in [0.1, 0.15) is 11.4 Å². The van der Waals surface area contributed by atoms with Crippen LogP contribution in [0, 0.1) is 5.82 Å². The predicted octanol–water partition coefficient (Wildman–Crippen LogP) is 3.68. The largest absolute Gasteiger partial charge is 0.382 e. The minimum atomic E-state index is -1.28. The van der Waals surface area contributed by atoms with Crippen LogP contribution in [0.4, 0.5) is 4.39 Å². The fraction of sp³-hybridized carbons (Fsp3) is 0.533. The van der Waals surface area contributed by atoms with Crippen molar-refractivity contribution in [1.82, 2.24) is 0 Å². The zero-order chi connectivity index (χ0) is 13.9. The topological polar surface area (TPSA) is 37.3 Å². The number of rotatable bonds is 3. The predicted molar refractivity (Wildman–Crippen MR) is 72.8 cm³/mol. The number of carbonyl (C=O) groups is 1. The van der Waals surface area contributed by atoms with Crippen LogP contribution in [0.2, 0.25) is 5.02 Å². The molecule has 1 N–H and O–H groups in total. The summed E-state index contributed by atoms with van der Waals surface area (Å²) in [7, 11) is 0. The molecule has 0 aromatic heterocycles. The molecule has 1 saturated carbocycles. The van der Waals surface area contributed by atoms with E-state index < -0.39 is 11.4 Å². The van der Waals surface area contributed by atoms with Gasteiger partial charge in [-0.1, -0.05) is 43.4 Å². The third kappa shape index (κ3) is 3.54. The average Bonchev–Trinajstić information content (AvgIpc) is 2.58. The molecule has 0 heterocycles. The van der Waals surface area contributed by atoms with Gasteiger partial charge < -0.3 is 5.11 Å². The van der Waals surface area contributed by atoms with Crippen molar-refractivity contribution in [3.8, 4) is 0 Å². The Labute approximate surface area is 117 Å². The SMILES string of the molecule is O=C(Cc1ccc(Cl)cc1F)C1(O)CCCCCC1. The van der Waals surface area contributed by atoms with Gasteiger partial charge in [-0.3, -0.25) is 4.79 Å². The first kappa shape index (κ1) is 14.5. The monoisotopic (exact) mass is 284 g/mol. The lowest BCUT2D eigenvalue weighted by atomic mass is 9.86. The number of carbonyl (C=O) groups excluding carboxylic acids is 1. The first-order chi connectivity index (χ1) is 9.01. The molecule has 0 saturated heterocycles. The van der Waals surface area contributed by atoms with Crippen molar-refractivity contribution in [2.45, 2.75) is 50.5 Å². The van der Waals surface area contributed by atoms with Crippen LogP contribution in [0.3, 0.4) is 0 Å². The van der Waals surface area contributed by atoms with E-state index >= 15 is 0 Å². The summed E-state index contributed by atoms with van der Waals surface area (Å²) >= 11 is 5.68. The molecule has 1 fully saturated rings. The summed E-state index contributed by atoms with van der Waals surface area (Å²) in [5.41, 5.74) is -0.977. The van der Waals surface area contributed by atoms with Crippen molar-refractivity contribution >= 4 is 17.4 Å². The van der Waals surface area contributed by atoms with E-state index in [1.54, 1.807) is 6.07 Å². The van der Waals surface area contributed by atoms with Crippen molar-refractivity contribution in [3.63, 3.8) is 0 Å². The molecule has 2 rings (SSSR count). The molecule has 4 heteroatoms. The van der Waals surface area contributed by atoms with E-state index in [2.05, 4.69) is 0 Å². The molecule has 0 amide bonds. The highest BCUT2D eigenvalue weighted by molar-refractivity contribution is 6.30. The van der Waals surface area contributed by atoms with Gasteiger partial charge in [-0.05, 0) is 30.5 Å². The second kappa shape index (κ2) is 6.02. The molecule has 0 unspecified atom stereocenters. The van der Waals surface area contributed by atoms with Gasteiger partial charge >= 0.3 is 0 Å². The molecule has 1 aliphatic carbocycles. The second-order valence-electron chi connectivity index (χ2n) is 5.28. The van der Waals surface area contributed by atoms with Gasteiger partial charge in [0.05, 0.1) is 0 Å². The van der Waals surface area contributed by atoms with Crippen molar-refractivity contribution < 1.29 is 14.3 Å². The molecular formula is C15H18ClFO2. The summed E-state index contributed by atoms with van der Waals surface area (Å²) < 4.78 is 13.7. The van der Waals surface area contributed by atoms with E-state index in [0.29, 0.717) is 23.4 Å². The van der Waals surface area contributed by atoms with Crippen LogP contribution >= 0.6 is 11.6 Å². The van der Waals surface area contributed by atoms with E-state index in [0.717, 1.165) is 25.7 Å². The minimum Gasteiger partial charge on any atom is -0.382 e. The number of hydrogen-bond acceptors (Lipinski definition) is 2. The molecule has 0 aliphatic heterocycles. The maximum atomic E-state index is 13.7. The molecule has 1 aromatic carbocycles. The molecule has 104 valence electrons. The molecule has 0 bridgehead atoms. The van der Waals surface area contributed by atoms with Crippen LogP contribution < -0.4 is 0 Å². The van der Waals surface area contributed by atoms with Gasteiger partial charge in [0.2, 0.25) is 0 Å². The number of Topliss-reactive ketones (excluding diaryl/α,β-unsaturated/α-hetero) is 1. The molecule has 0 spiro atoms. The van der Waals surface area contributed by atoms with E-state index in [9.17, 15) is 14.3 Å². The van der Waals surface area contributed by atoms with Crippen molar-refractivity contribution in [2.75, 3.05) is 0 Å². The Morgan fingerprint density at radius 2 is 1.89 bits per heavy atom. The zero-order valence-corrected chi connectivity index (χ0v) is 11.5. The third-order valence-electron chi connectivity index (χ3n) is 3.82. The number of halogens is 2. The van der Waals surface area contributed by atoms with Crippen molar-refractivity contribution in [2.24, 2.45) is 0 Å². The average molecular weight is 285 g/mol. The van der Waals surface area contributed by atoms with Crippen LogP contribution in [-0.4, -0.2) is 16.5 Å². The van der Waals surface area contributed by atoms with Gasteiger partial charge in [0, 0.05) is 11.4 Å². The van der Waals surface area contributed by atoms with Gasteiger partial charge in [0.15, 0.2) is 5.78 Å². The quantitative estimate of drug-likeness (QED) is 0.860. The Bertz CT molecular complexity index is 465. The molecule has 1 aromatic rings. The summed E-state index contributed by atoms with van der Waals surface area (Å²) in [4.78, 5) is 12.2. The van der Waals surface area contributed by atoms with E-state index in [-0.39, 0.29) is 12.2 Å². The number of aliphatic hydroxyl groups is 1. The first-order valence-corrected chi connectivity index (χ1v) is 7.09. The summed E-state index contributed by atoms with van der Waals surface area (Å²) in [6.07, 6.45) is 4.70. The molecule has 0 radical (unpaired) electrons. The minimum absolute atomic E-state index is 0.0699. The van der Waals surface area contributed by atoms with E-state index in [1.165, 1.54) is 12.1 Å². The Morgan fingerprint density at radius 1 is 1.26 bits per heavy atom. The Balaban J connectivity index is 2.11. The standard InChI is InChI=1S/C15H18ClFO2/c16-12-6-5-11(13(17)10-12)9-14(18)15(19)7-3-1-2-4-8-15/h5-6,10,19H,1-4,7-9H2. The van der Waals surface area contributed by atoms with Crippen LogP contribution in [0.25, 0.3) is 0 Å². The number of hydrogen-bond donors (Lipinski definition) is 1. The molecular weight excluding hydrogens is 267 g/mol. The van der Waals surface area contributed by atoms with Gasteiger partial charge in [-0.2, -0.15) is 0 Å². The Morgan fingerprint density at radius 3 is 2.47 bits per heavy atom. The van der Waals surface area contributed by atoms with E-state index in [4.69, 9.17) is 11.6 Å². The molecule has 2 nitrogen and oxygen atoms in total. The second-order valence-corrected chi connectivity index (χ2v) is 5.72. The van der Waals surface area contributed by atoms with Crippen LogP contribution in [0.5, 0.6) is 0 Å². The first-order valence-electron chi connectivity index (χ1n) is 6.71. The number of benzene rings is 1. The molecule has 0 atom stereocenters. The highest BCUT2D eigenvalue weighted by atomic mass is 35.5. The molecule has 1 aliphatic rings. The Kier molecular flexibility index (Phi) is 4.58. The maximum absolute atomic E-state index is 13.7. The lowest BCUT2D eigenvalue weighted by Gasteiger charge is -2.25. The maximum Gasteiger partial charge on any atom is 0.168 e. The summed E-state index contributed by atoms with van der Waals surface area (Å²) in [6.45, 7) is 0. The van der Waals surface area contributed by atoms with Crippen LogP contribution in [0.1, 0.15) is 44.1 Å². The van der Waals surface area contributed by atoms with Gasteiger partial charge in [-0.25, -0.2) is 4.39 Å². The smallest absolute Gasteiger partial charge is 0.168 e. The molecule has 19 heavy (non-hydrogen) atoms. The van der Waals surface area contributed by atoms with Crippen LogP contribution in [0.15, 0.2) is 18.2 Å². The highest BCUT2D eigenvalue weighted by Gasteiger charge is 2.35. The highest BCUT2D eigenvalue weighted by Crippen LogP contribution is 2.29. The van der Waals surface area contributed by atoms with Gasteiger partial charge in [-0.15, -0.1) is 0 Å². The van der Waals surface area contributed by atoms with Crippen molar-refractivity contribution in [1.29, 1.82) is 0 Å². The van der Waals surface area contributed by atoms with Crippen molar-refractivity contribution in [3.05, 3.63) is 34.6 Å². The Hall–Kier alpha value is -0.930. The summed E-state index contributed by atoms with van der Waals surface area (Å²) in [5, 5.41) is 10.7. The van der Waals surface area contributed by atoms with Crippen LogP contribution in [-0.2, 0) is 11.2 Å². The lowest BCUT2D eigenvalue weighted by Crippen LogP contribution is -2.39. The fourth-order valence-electron chi connectivity index (χ4n) is 2.59. The van der Waals surface area contributed by atoms with Gasteiger partial charge in [0.25, 0.3) is 0 Å². The normalized spacial score (nSPS) is 18.9. The third-order valence-corrected chi connectivity index (χ3v) is 4.05. The fourth-order valence-corrected chi connectivity index (χ4v) is 2.75. The summed E-state index contributed by atoms with van der Waals surface area (Å²) in [5.74, 6) is -0.770. The summed E-state index contributed by atoms with van der Waals surface area (Å²) in [6, 6.07) is 4.27. The lowest BCUT2D eigenvalue weighted by molar-refractivity contribution is -0.138. The zero-order valence-electron chi connectivity index (χ0n) is 10.8. The number of ketones is 1.